The number of hydrogen-bond donors (Lipinski definition) is 1. The van der Waals surface area contributed by atoms with Gasteiger partial charge in [-0.3, -0.25) is 0 Å². The van der Waals surface area contributed by atoms with E-state index < -0.39 is 14.0 Å². The molecule has 2 nitrogen and oxygen atoms in total. The third-order valence-electron chi connectivity index (χ3n) is 2.93. The van der Waals surface area contributed by atoms with E-state index in [0.29, 0.717) is 5.56 Å². The largest absolute Gasteiger partial charge is 0.478 e. The zero-order valence-electron chi connectivity index (χ0n) is 12.2. The molecular formula is C15H19IO2Si. The lowest BCUT2D eigenvalue weighted by atomic mass is 9.94. The molecule has 0 aromatic heterocycles. The van der Waals surface area contributed by atoms with Crippen LogP contribution in [0.3, 0.4) is 0 Å². The van der Waals surface area contributed by atoms with E-state index in [0.717, 1.165) is 25.8 Å². The first-order valence-corrected chi connectivity index (χ1v) is 10.7. The van der Waals surface area contributed by atoms with E-state index in [1.807, 2.05) is 20.8 Å². The summed E-state index contributed by atoms with van der Waals surface area (Å²) in [7, 11) is -1.47. The number of carboxylic acid groups (broad SMARTS) is 1. The molecule has 4 heteroatoms. The van der Waals surface area contributed by atoms with Crippen LogP contribution in [0.5, 0.6) is 0 Å². The third kappa shape index (κ3) is 3.60. The van der Waals surface area contributed by atoms with Gasteiger partial charge in [0.05, 0.1) is 5.56 Å². The number of hydrogen-bond acceptors (Lipinski definition) is 1. The highest BCUT2D eigenvalue weighted by atomic mass is 127. The van der Waals surface area contributed by atoms with Gasteiger partial charge in [-0.25, -0.2) is 4.79 Å². The number of rotatable bonds is 1. The molecule has 0 unspecified atom stereocenters. The van der Waals surface area contributed by atoms with Crippen LogP contribution < -0.4 is 0 Å². The maximum absolute atomic E-state index is 11.4. The Kier molecular flexibility index (Phi) is 4.85. The number of benzene rings is 1. The van der Waals surface area contributed by atoms with Crippen LogP contribution >= 0.6 is 22.6 Å². The molecule has 102 valence electrons. The maximum Gasteiger partial charge on any atom is 0.336 e. The standard InChI is InChI=1S/C15H19IO2Si/c1-9-12(7-8-19(4,5)6)10(2)14(16)11(3)13(9)15(17)18/h1-6H3,(H,17,18). The molecule has 0 bridgehead atoms. The van der Waals surface area contributed by atoms with Crippen molar-refractivity contribution in [3.63, 3.8) is 0 Å². The molecule has 0 aliphatic heterocycles. The topological polar surface area (TPSA) is 37.3 Å². The second-order valence-corrected chi connectivity index (χ2v) is 11.6. The van der Waals surface area contributed by atoms with Gasteiger partial charge >= 0.3 is 5.97 Å². The van der Waals surface area contributed by atoms with Crippen molar-refractivity contribution in [3.05, 3.63) is 31.4 Å². The minimum atomic E-state index is -1.47. The number of aromatic carboxylic acids is 1. The highest BCUT2D eigenvalue weighted by molar-refractivity contribution is 14.1. The summed E-state index contributed by atoms with van der Waals surface area (Å²) < 4.78 is 1.00. The Hall–Kier alpha value is -0.803. The quantitative estimate of drug-likeness (QED) is 0.448. The highest BCUT2D eigenvalue weighted by Gasteiger charge is 2.19. The van der Waals surface area contributed by atoms with E-state index in [1.165, 1.54) is 0 Å². The van der Waals surface area contributed by atoms with Crippen LogP contribution in [0.2, 0.25) is 19.6 Å². The molecule has 1 aromatic carbocycles. The average Bonchev–Trinajstić information content (AvgIpc) is 2.24. The fourth-order valence-electron chi connectivity index (χ4n) is 1.95. The van der Waals surface area contributed by atoms with Crippen LogP contribution in [0, 0.1) is 35.8 Å². The van der Waals surface area contributed by atoms with Gasteiger partial charge in [0.1, 0.15) is 8.07 Å². The molecule has 0 heterocycles. The van der Waals surface area contributed by atoms with E-state index >= 15 is 0 Å². The molecule has 0 spiro atoms. The molecule has 0 aliphatic carbocycles. The molecule has 0 saturated heterocycles. The summed E-state index contributed by atoms with van der Waals surface area (Å²) in [6.07, 6.45) is 0. The van der Waals surface area contributed by atoms with Gasteiger partial charge in [-0.15, -0.1) is 5.54 Å². The second-order valence-electron chi connectivity index (χ2n) is 5.74. The zero-order valence-corrected chi connectivity index (χ0v) is 15.4. The van der Waals surface area contributed by atoms with Crippen molar-refractivity contribution in [1.29, 1.82) is 0 Å². The van der Waals surface area contributed by atoms with Crippen LogP contribution in [0.25, 0.3) is 0 Å². The Bertz CT molecular complexity index is 602. The molecule has 0 radical (unpaired) electrons. The Labute approximate surface area is 129 Å². The molecule has 19 heavy (non-hydrogen) atoms. The fraction of sp³-hybridized carbons (Fsp3) is 0.400. The summed E-state index contributed by atoms with van der Waals surface area (Å²) in [4.78, 5) is 11.4. The van der Waals surface area contributed by atoms with Crippen LogP contribution in [-0.4, -0.2) is 19.1 Å². The van der Waals surface area contributed by atoms with Gasteiger partial charge in [0.15, 0.2) is 0 Å². The van der Waals surface area contributed by atoms with Gasteiger partial charge in [-0.1, -0.05) is 25.6 Å². The van der Waals surface area contributed by atoms with Crippen molar-refractivity contribution in [2.24, 2.45) is 0 Å². The lowest BCUT2D eigenvalue weighted by molar-refractivity contribution is 0.0695. The Morgan fingerprint density at radius 2 is 1.63 bits per heavy atom. The highest BCUT2D eigenvalue weighted by Crippen LogP contribution is 2.28. The Balaban J connectivity index is 3.65. The number of halogens is 1. The first-order valence-electron chi connectivity index (χ1n) is 6.12. The summed E-state index contributed by atoms with van der Waals surface area (Å²) in [5.74, 6) is 2.36. The van der Waals surface area contributed by atoms with Crippen molar-refractivity contribution in [1.82, 2.24) is 0 Å². The van der Waals surface area contributed by atoms with Gasteiger partial charge in [0.2, 0.25) is 0 Å². The summed E-state index contributed by atoms with van der Waals surface area (Å²) in [6.45, 7) is 12.3. The molecular weight excluding hydrogens is 367 g/mol. The maximum atomic E-state index is 11.4. The average molecular weight is 386 g/mol. The van der Waals surface area contributed by atoms with E-state index in [9.17, 15) is 9.90 Å². The minimum absolute atomic E-state index is 0.398. The molecule has 1 rings (SSSR count). The van der Waals surface area contributed by atoms with Crippen molar-refractivity contribution in [2.45, 2.75) is 40.4 Å². The molecule has 0 saturated carbocycles. The van der Waals surface area contributed by atoms with Crippen LogP contribution in [0.15, 0.2) is 0 Å². The first kappa shape index (κ1) is 16.3. The van der Waals surface area contributed by atoms with Crippen molar-refractivity contribution in [2.75, 3.05) is 0 Å². The SMILES string of the molecule is Cc1c(I)c(C)c(C(=O)O)c(C)c1C#C[Si](C)(C)C. The van der Waals surface area contributed by atoms with Gasteiger partial charge in [-0.2, -0.15) is 0 Å². The van der Waals surface area contributed by atoms with E-state index in [2.05, 4.69) is 53.7 Å². The predicted octanol–water partition coefficient (Wildman–Crippen LogP) is 4.14. The predicted molar refractivity (Wildman–Crippen MR) is 90.6 cm³/mol. The molecule has 0 amide bonds. The van der Waals surface area contributed by atoms with Crippen LogP contribution in [0.4, 0.5) is 0 Å². The van der Waals surface area contributed by atoms with Gasteiger partial charge in [0, 0.05) is 9.13 Å². The van der Waals surface area contributed by atoms with Crippen molar-refractivity contribution >= 4 is 36.6 Å². The summed E-state index contributed by atoms with van der Waals surface area (Å²) in [6, 6.07) is 0. The Morgan fingerprint density at radius 3 is 2.05 bits per heavy atom. The van der Waals surface area contributed by atoms with Crippen LogP contribution in [0.1, 0.15) is 32.6 Å². The molecule has 0 atom stereocenters. The van der Waals surface area contributed by atoms with E-state index in [-0.39, 0.29) is 0 Å². The Morgan fingerprint density at radius 1 is 1.11 bits per heavy atom. The number of carbonyl (C=O) groups is 1. The third-order valence-corrected chi connectivity index (χ3v) is 5.43. The summed E-state index contributed by atoms with van der Waals surface area (Å²) in [5, 5.41) is 9.37. The molecule has 0 aliphatic rings. The molecule has 0 fully saturated rings. The van der Waals surface area contributed by atoms with E-state index in [4.69, 9.17) is 0 Å². The van der Waals surface area contributed by atoms with Crippen molar-refractivity contribution in [3.8, 4) is 11.5 Å². The summed E-state index contributed by atoms with van der Waals surface area (Å²) >= 11 is 2.21. The second kappa shape index (κ2) is 5.67. The van der Waals surface area contributed by atoms with Crippen molar-refractivity contribution < 1.29 is 9.90 Å². The molecule has 1 aromatic rings. The lowest BCUT2D eigenvalue weighted by Gasteiger charge is -2.14. The van der Waals surface area contributed by atoms with Gasteiger partial charge in [-0.05, 0) is 60.1 Å². The monoisotopic (exact) mass is 386 g/mol. The van der Waals surface area contributed by atoms with E-state index in [1.54, 1.807) is 0 Å². The van der Waals surface area contributed by atoms with Crippen LogP contribution in [-0.2, 0) is 0 Å². The van der Waals surface area contributed by atoms with Gasteiger partial charge < -0.3 is 5.11 Å². The first-order chi connectivity index (χ1) is 8.56. The number of carboxylic acids is 1. The minimum Gasteiger partial charge on any atom is -0.478 e. The normalized spacial score (nSPS) is 10.9. The smallest absolute Gasteiger partial charge is 0.336 e. The fourth-order valence-corrected chi connectivity index (χ4v) is 2.99. The zero-order chi connectivity index (χ0) is 15.0. The van der Waals surface area contributed by atoms with Gasteiger partial charge in [0.25, 0.3) is 0 Å². The summed E-state index contributed by atoms with van der Waals surface area (Å²) in [5.41, 5.74) is 7.32. The molecule has 1 N–H and O–H groups in total. The lowest BCUT2D eigenvalue weighted by Crippen LogP contribution is -2.17.